The molecule has 0 N–H and O–H groups in total. The topological polar surface area (TPSA) is 121 Å². The minimum Gasteiger partial charge on any atom is -0.358 e. The standard InChI is InChI=1S/C10H9N5O4S/c1-14-9(13-6-10(14)15(16)17)4-8(20(18)19)7-5-11-2-3-12-7/h2-3,5-6H,4H2,1H3. The summed E-state index contributed by atoms with van der Waals surface area (Å²) >= 11 is 0. The molecule has 20 heavy (non-hydrogen) atoms. The Morgan fingerprint density at radius 1 is 1.35 bits per heavy atom. The Bertz CT molecular complexity index is 773. The maximum Gasteiger partial charge on any atom is 0.342 e. The van der Waals surface area contributed by atoms with Crippen LogP contribution in [0.1, 0.15) is 11.5 Å². The minimum atomic E-state index is -2.52. The summed E-state index contributed by atoms with van der Waals surface area (Å²) in [5.74, 6) is 0.0386. The largest absolute Gasteiger partial charge is 0.358 e. The fourth-order valence-corrected chi connectivity index (χ4v) is 2.12. The molecule has 10 heteroatoms. The molecule has 0 bridgehead atoms. The molecule has 0 amide bonds. The molecule has 2 aromatic heterocycles. The van der Waals surface area contributed by atoms with Crippen molar-refractivity contribution in [1.82, 2.24) is 19.5 Å². The summed E-state index contributed by atoms with van der Waals surface area (Å²) in [6, 6.07) is 0. The minimum absolute atomic E-state index is 0.0262. The van der Waals surface area contributed by atoms with Gasteiger partial charge in [0.1, 0.15) is 16.8 Å². The monoisotopic (exact) mass is 295 g/mol. The smallest absolute Gasteiger partial charge is 0.342 e. The first-order valence-corrected chi connectivity index (χ1v) is 6.44. The number of hydrogen-bond donors (Lipinski definition) is 0. The summed E-state index contributed by atoms with van der Waals surface area (Å²) in [6.45, 7) is 0. The van der Waals surface area contributed by atoms with Crippen molar-refractivity contribution in [1.29, 1.82) is 0 Å². The van der Waals surface area contributed by atoms with Crippen molar-refractivity contribution in [3.05, 3.63) is 46.4 Å². The van der Waals surface area contributed by atoms with Crippen LogP contribution in [0.5, 0.6) is 0 Å². The van der Waals surface area contributed by atoms with Gasteiger partial charge in [0.2, 0.25) is 16.1 Å². The molecule has 0 aliphatic rings. The van der Waals surface area contributed by atoms with Crippen LogP contribution < -0.4 is 0 Å². The van der Waals surface area contributed by atoms with E-state index in [9.17, 15) is 18.5 Å². The molecule has 0 saturated heterocycles. The van der Waals surface area contributed by atoms with E-state index in [1.807, 2.05) is 0 Å². The van der Waals surface area contributed by atoms with Crippen LogP contribution in [0.15, 0.2) is 24.8 Å². The van der Waals surface area contributed by atoms with Crippen LogP contribution in [0.4, 0.5) is 5.82 Å². The zero-order chi connectivity index (χ0) is 14.7. The molecule has 0 saturated carbocycles. The molecule has 2 aromatic rings. The molecule has 0 unspecified atom stereocenters. The van der Waals surface area contributed by atoms with Crippen LogP contribution in [0.3, 0.4) is 0 Å². The molecule has 2 heterocycles. The van der Waals surface area contributed by atoms with Crippen molar-refractivity contribution in [2.75, 3.05) is 0 Å². The van der Waals surface area contributed by atoms with E-state index in [1.54, 1.807) is 0 Å². The van der Waals surface area contributed by atoms with E-state index in [4.69, 9.17) is 0 Å². The molecule has 0 atom stereocenters. The lowest BCUT2D eigenvalue weighted by Gasteiger charge is -2.00. The molecule has 0 aromatic carbocycles. The van der Waals surface area contributed by atoms with Crippen molar-refractivity contribution in [2.45, 2.75) is 6.42 Å². The van der Waals surface area contributed by atoms with Gasteiger partial charge in [-0.2, -0.15) is 8.42 Å². The Morgan fingerprint density at radius 2 is 2.10 bits per heavy atom. The van der Waals surface area contributed by atoms with Crippen molar-refractivity contribution >= 4 is 21.0 Å². The van der Waals surface area contributed by atoms with Gasteiger partial charge in [-0.25, -0.2) is 9.55 Å². The van der Waals surface area contributed by atoms with Crippen molar-refractivity contribution in [3.8, 4) is 0 Å². The molecular weight excluding hydrogens is 286 g/mol. The van der Waals surface area contributed by atoms with Crippen LogP contribution in [0, 0.1) is 10.1 Å². The van der Waals surface area contributed by atoms with E-state index in [2.05, 4.69) is 15.0 Å². The zero-order valence-electron chi connectivity index (χ0n) is 10.3. The fourth-order valence-electron chi connectivity index (χ4n) is 1.59. The normalized spacial score (nSPS) is 10.2. The number of imidazole rings is 1. The van der Waals surface area contributed by atoms with Crippen molar-refractivity contribution in [2.24, 2.45) is 7.05 Å². The third kappa shape index (κ3) is 2.69. The van der Waals surface area contributed by atoms with Crippen molar-refractivity contribution < 1.29 is 13.3 Å². The van der Waals surface area contributed by atoms with Gasteiger partial charge in [-0.1, -0.05) is 0 Å². The quantitative estimate of drug-likeness (QED) is 0.330. The van der Waals surface area contributed by atoms with Gasteiger partial charge in [0.15, 0.2) is 0 Å². The molecule has 0 radical (unpaired) electrons. The van der Waals surface area contributed by atoms with E-state index < -0.39 is 15.2 Å². The predicted molar refractivity (Wildman–Crippen MR) is 68.6 cm³/mol. The molecule has 2 rings (SSSR count). The Hall–Kier alpha value is -2.62. The third-order valence-electron chi connectivity index (χ3n) is 2.62. The maximum atomic E-state index is 11.3. The highest BCUT2D eigenvalue weighted by atomic mass is 32.2. The first kappa shape index (κ1) is 13.8. The number of nitro groups is 1. The highest BCUT2D eigenvalue weighted by molar-refractivity contribution is 7.73. The Morgan fingerprint density at radius 3 is 2.60 bits per heavy atom. The van der Waals surface area contributed by atoms with E-state index in [1.165, 1.54) is 30.2 Å². The van der Waals surface area contributed by atoms with Gasteiger partial charge < -0.3 is 10.1 Å². The van der Waals surface area contributed by atoms with Crippen molar-refractivity contribution in [3.63, 3.8) is 0 Å². The Kier molecular flexibility index (Phi) is 3.84. The zero-order valence-corrected chi connectivity index (χ0v) is 11.1. The van der Waals surface area contributed by atoms with Gasteiger partial charge in [-0.05, 0) is 4.92 Å². The molecular formula is C10H9N5O4S. The SMILES string of the molecule is Cn1c([N+](=O)[O-])cnc1CC(c1cnccn1)=S(=O)=O. The van der Waals surface area contributed by atoms with Crippen LogP contribution in [-0.4, -0.2) is 37.7 Å². The second-order valence-corrected chi connectivity index (χ2v) is 4.74. The summed E-state index contributed by atoms with van der Waals surface area (Å²) in [7, 11) is -1.08. The summed E-state index contributed by atoms with van der Waals surface area (Å²) < 4.78 is 23.8. The van der Waals surface area contributed by atoms with Crippen LogP contribution in [0.25, 0.3) is 0 Å². The van der Waals surface area contributed by atoms with Gasteiger partial charge in [0, 0.05) is 12.4 Å². The average molecular weight is 295 g/mol. The van der Waals surface area contributed by atoms with Gasteiger partial charge in [-0.15, -0.1) is 0 Å². The Labute approximate surface area is 114 Å². The fraction of sp³-hybridized carbons (Fsp3) is 0.200. The number of aromatic nitrogens is 4. The van der Waals surface area contributed by atoms with Gasteiger partial charge >= 0.3 is 5.82 Å². The number of nitrogens with zero attached hydrogens (tertiary/aromatic N) is 5. The lowest BCUT2D eigenvalue weighted by molar-refractivity contribution is -0.391. The second kappa shape index (κ2) is 5.57. The molecule has 9 nitrogen and oxygen atoms in total. The summed E-state index contributed by atoms with van der Waals surface area (Å²) in [5.41, 5.74) is 0.187. The highest BCUT2D eigenvalue weighted by Gasteiger charge is 2.20. The van der Waals surface area contributed by atoms with Crippen LogP contribution in [0.2, 0.25) is 0 Å². The van der Waals surface area contributed by atoms with Gasteiger partial charge in [0.25, 0.3) is 0 Å². The average Bonchev–Trinajstić information content (AvgIpc) is 2.78. The maximum absolute atomic E-state index is 11.3. The van der Waals surface area contributed by atoms with E-state index in [0.717, 1.165) is 6.20 Å². The lowest BCUT2D eigenvalue weighted by atomic mass is 10.2. The van der Waals surface area contributed by atoms with E-state index in [-0.39, 0.29) is 28.6 Å². The molecule has 0 aliphatic heterocycles. The molecule has 0 fully saturated rings. The highest BCUT2D eigenvalue weighted by Crippen LogP contribution is 2.13. The van der Waals surface area contributed by atoms with Gasteiger partial charge in [-0.3, -0.25) is 9.97 Å². The first-order valence-electron chi connectivity index (χ1n) is 5.37. The Balaban J connectivity index is 2.42. The van der Waals surface area contributed by atoms with E-state index >= 15 is 0 Å². The summed E-state index contributed by atoms with van der Waals surface area (Å²) in [4.78, 5) is 21.7. The summed E-state index contributed by atoms with van der Waals surface area (Å²) in [6.07, 6.45) is 5.07. The predicted octanol–water partition coefficient (Wildman–Crippen LogP) is -0.239. The molecule has 104 valence electrons. The van der Waals surface area contributed by atoms with Crippen LogP contribution in [-0.2, 0) is 23.8 Å². The number of hydrogen-bond acceptors (Lipinski definition) is 7. The molecule has 0 spiro atoms. The number of rotatable bonds is 4. The van der Waals surface area contributed by atoms with E-state index in [0.29, 0.717) is 0 Å². The lowest BCUT2D eigenvalue weighted by Crippen LogP contribution is -2.13. The third-order valence-corrected chi connectivity index (χ3v) is 3.37. The van der Waals surface area contributed by atoms with Gasteiger partial charge in [0.05, 0.1) is 19.7 Å². The van der Waals surface area contributed by atoms with Crippen LogP contribution >= 0.6 is 0 Å². The molecule has 0 aliphatic carbocycles. The summed E-state index contributed by atoms with van der Waals surface area (Å²) in [5, 5.41) is 10.7. The second-order valence-electron chi connectivity index (χ2n) is 3.77. The first-order chi connectivity index (χ1) is 9.50.